The van der Waals surface area contributed by atoms with Crippen LogP contribution in [0.15, 0.2) is 22.6 Å². The molecule has 1 saturated heterocycles. The largest absolute Gasteiger partial charge is 0.424 e. The predicted octanol–water partition coefficient (Wildman–Crippen LogP) is 2.04. The molecule has 6 heteroatoms. The first kappa shape index (κ1) is 14.8. The van der Waals surface area contributed by atoms with E-state index in [2.05, 4.69) is 10.3 Å². The summed E-state index contributed by atoms with van der Waals surface area (Å²) in [5.74, 6) is 0.471. The fourth-order valence-electron chi connectivity index (χ4n) is 2.75. The first-order valence-corrected chi connectivity index (χ1v) is 7.53. The first-order valence-electron chi connectivity index (χ1n) is 7.53. The fourth-order valence-corrected chi connectivity index (χ4v) is 2.75. The monoisotopic (exact) mass is 303 g/mol. The van der Waals surface area contributed by atoms with E-state index in [1.807, 2.05) is 30.0 Å². The highest BCUT2D eigenvalue weighted by Gasteiger charge is 2.29. The Morgan fingerprint density at radius 2 is 2.36 bits per heavy atom. The third-order valence-corrected chi connectivity index (χ3v) is 3.94. The Morgan fingerprint density at radius 3 is 3.18 bits per heavy atom. The number of benzene rings is 1. The Kier molecular flexibility index (Phi) is 4.29. The molecule has 6 nitrogen and oxygen atoms in total. The zero-order valence-electron chi connectivity index (χ0n) is 13.0. The number of carbonyl (C=O) groups is 1. The lowest BCUT2D eigenvalue weighted by molar-refractivity contribution is -0.128. The number of anilines is 1. The number of nitrogens with one attached hydrogen (secondary N) is 1. The molecule has 118 valence electrons. The van der Waals surface area contributed by atoms with Gasteiger partial charge < -0.3 is 19.4 Å². The first-order chi connectivity index (χ1) is 10.7. The maximum absolute atomic E-state index is 11.9. The highest BCUT2D eigenvalue weighted by atomic mass is 16.5. The van der Waals surface area contributed by atoms with E-state index in [0.29, 0.717) is 32.1 Å². The summed E-state index contributed by atoms with van der Waals surface area (Å²) >= 11 is 0. The summed E-state index contributed by atoms with van der Waals surface area (Å²) in [5.41, 5.74) is 2.78. The van der Waals surface area contributed by atoms with Gasteiger partial charge in [0, 0.05) is 39.1 Å². The maximum atomic E-state index is 11.9. The summed E-state index contributed by atoms with van der Waals surface area (Å²) in [7, 11) is 1.65. The van der Waals surface area contributed by atoms with Crippen LogP contribution >= 0.6 is 0 Å². The predicted molar refractivity (Wildman–Crippen MR) is 83.8 cm³/mol. The Balaban J connectivity index is 1.56. The van der Waals surface area contributed by atoms with E-state index < -0.39 is 0 Å². The van der Waals surface area contributed by atoms with E-state index in [0.717, 1.165) is 23.2 Å². The van der Waals surface area contributed by atoms with Gasteiger partial charge in [-0.3, -0.25) is 4.79 Å². The number of carbonyl (C=O) groups excluding carboxylic acids is 1. The van der Waals surface area contributed by atoms with Crippen LogP contribution in [0.2, 0.25) is 0 Å². The third kappa shape index (κ3) is 3.22. The molecule has 0 saturated carbocycles. The van der Waals surface area contributed by atoms with Crippen LogP contribution in [0.3, 0.4) is 0 Å². The molecule has 1 aromatic heterocycles. The number of aryl methyl sites for hydroxylation is 1. The highest BCUT2D eigenvalue weighted by molar-refractivity contribution is 5.78. The SMILES string of the molecule is COCCN1C[C@@H](CNc2nc3cc(C)ccc3o2)CC1=O. The Hall–Kier alpha value is -2.08. The minimum atomic E-state index is 0.192. The second kappa shape index (κ2) is 6.36. The van der Waals surface area contributed by atoms with E-state index in [9.17, 15) is 4.79 Å². The lowest BCUT2D eigenvalue weighted by atomic mass is 10.1. The normalized spacial score (nSPS) is 18.4. The summed E-state index contributed by atoms with van der Waals surface area (Å²) in [6.07, 6.45) is 0.566. The van der Waals surface area contributed by atoms with Gasteiger partial charge in [-0.1, -0.05) is 6.07 Å². The van der Waals surface area contributed by atoms with E-state index in [1.165, 1.54) is 0 Å². The number of nitrogens with zero attached hydrogens (tertiary/aromatic N) is 2. The van der Waals surface area contributed by atoms with Crippen molar-refractivity contribution in [3.63, 3.8) is 0 Å². The van der Waals surface area contributed by atoms with Gasteiger partial charge in [0.05, 0.1) is 6.61 Å². The molecule has 1 aromatic carbocycles. The van der Waals surface area contributed by atoms with Crippen molar-refractivity contribution < 1.29 is 13.9 Å². The molecule has 0 bridgehead atoms. The second-order valence-corrected chi connectivity index (χ2v) is 5.77. The molecule has 1 atom stereocenters. The van der Waals surface area contributed by atoms with Crippen LogP contribution in [-0.2, 0) is 9.53 Å². The van der Waals surface area contributed by atoms with E-state index in [1.54, 1.807) is 7.11 Å². The van der Waals surface area contributed by atoms with Crippen LogP contribution in [0.5, 0.6) is 0 Å². The minimum absolute atomic E-state index is 0.192. The van der Waals surface area contributed by atoms with Crippen molar-refractivity contribution in [2.45, 2.75) is 13.3 Å². The van der Waals surface area contributed by atoms with Crippen LogP contribution in [0.4, 0.5) is 6.01 Å². The van der Waals surface area contributed by atoms with Crippen molar-refractivity contribution in [1.29, 1.82) is 0 Å². The smallest absolute Gasteiger partial charge is 0.295 e. The van der Waals surface area contributed by atoms with Crippen molar-refractivity contribution in [3.8, 4) is 0 Å². The fraction of sp³-hybridized carbons (Fsp3) is 0.500. The number of oxazole rings is 1. The van der Waals surface area contributed by atoms with E-state index >= 15 is 0 Å². The number of methoxy groups -OCH3 is 1. The van der Waals surface area contributed by atoms with Gasteiger partial charge in [-0.2, -0.15) is 4.98 Å². The van der Waals surface area contributed by atoms with Crippen LogP contribution in [0.25, 0.3) is 11.1 Å². The molecule has 1 fully saturated rings. The average molecular weight is 303 g/mol. The van der Waals surface area contributed by atoms with Crippen LogP contribution in [0, 0.1) is 12.8 Å². The van der Waals surface area contributed by atoms with Crippen molar-refractivity contribution >= 4 is 23.0 Å². The average Bonchev–Trinajstić information content (AvgIpc) is 3.05. The van der Waals surface area contributed by atoms with Gasteiger partial charge >= 0.3 is 0 Å². The number of fused-ring (bicyclic) bond motifs is 1. The number of hydrogen-bond donors (Lipinski definition) is 1. The van der Waals surface area contributed by atoms with Gasteiger partial charge in [0.1, 0.15) is 5.52 Å². The molecule has 22 heavy (non-hydrogen) atoms. The van der Waals surface area contributed by atoms with Gasteiger partial charge in [0.25, 0.3) is 6.01 Å². The van der Waals surface area contributed by atoms with E-state index in [4.69, 9.17) is 9.15 Å². The quantitative estimate of drug-likeness (QED) is 0.884. The molecule has 1 N–H and O–H groups in total. The molecule has 0 unspecified atom stereocenters. The van der Waals surface area contributed by atoms with Crippen LogP contribution in [0.1, 0.15) is 12.0 Å². The van der Waals surface area contributed by atoms with Crippen molar-refractivity contribution in [2.75, 3.05) is 38.7 Å². The molecule has 3 rings (SSSR count). The number of ether oxygens (including phenoxy) is 1. The van der Waals surface area contributed by atoms with Crippen LogP contribution in [-0.4, -0.2) is 49.1 Å². The lowest BCUT2D eigenvalue weighted by Gasteiger charge is -2.15. The lowest BCUT2D eigenvalue weighted by Crippen LogP contribution is -2.29. The van der Waals surface area contributed by atoms with Gasteiger partial charge in [0.15, 0.2) is 5.58 Å². The molecule has 0 radical (unpaired) electrons. The van der Waals surface area contributed by atoms with Gasteiger partial charge in [-0.25, -0.2) is 0 Å². The van der Waals surface area contributed by atoms with Crippen molar-refractivity contribution in [3.05, 3.63) is 23.8 Å². The molecule has 1 amide bonds. The molecule has 2 heterocycles. The van der Waals surface area contributed by atoms with Crippen molar-refractivity contribution in [1.82, 2.24) is 9.88 Å². The summed E-state index contributed by atoms with van der Waals surface area (Å²) in [5, 5.41) is 3.20. The molecule has 0 aliphatic carbocycles. The molecular weight excluding hydrogens is 282 g/mol. The van der Waals surface area contributed by atoms with Crippen LogP contribution < -0.4 is 5.32 Å². The standard InChI is InChI=1S/C16H21N3O3/c1-11-3-4-14-13(7-11)18-16(22-14)17-9-12-8-15(20)19(10-12)5-6-21-2/h3-4,7,12H,5-6,8-10H2,1-2H3,(H,17,18)/t12-/m1/s1. The third-order valence-electron chi connectivity index (χ3n) is 3.94. The summed E-state index contributed by atoms with van der Waals surface area (Å²) < 4.78 is 10.7. The molecular formula is C16H21N3O3. The highest BCUT2D eigenvalue weighted by Crippen LogP contribution is 2.22. The summed E-state index contributed by atoms with van der Waals surface area (Å²) in [6, 6.07) is 6.44. The molecule has 0 spiro atoms. The molecule has 1 aliphatic rings. The Labute approximate surface area is 129 Å². The zero-order chi connectivity index (χ0) is 15.5. The number of hydrogen-bond acceptors (Lipinski definition) is 5. The van der Waals surface area contributed by atoms with Gasteiger partial charge in [-0.15, -0.1) is 0 Å². The van der Waals surface area contributed by atoms with Gasteiger partial charge in [0.2, 0.25) is 5.91 Å². The summed E-state index contributed by atoms with van der Waals surface area (Å²) in [4.78, 5) is 18.2. The number of rotatable bonds is 6. The Morgan fingerprint density at radius 1 is 1.50 bits per heavy atom. The van der Waals surface area contributed by atoms with E-state index in [-0.39, 0.29) is 11.8 Å². The summed E-state index contributed by atoms with van der Waals surface area (Å²) in [6.45, 7) is 4.71. The topological polar surface area (TPSA) is 67.6 Å². The van der Waals surface area contributed by atoms with Gasteiger partial charge in [-0.05, 0) is 24.6 Å². The number of amides is 1. The minimum Gasteiger partial charge on any atom is -0.424 e. The molecule has 2 aromatic rings. The number of likely N-dealkylation sites (tertiary alicyclic amines) is 1. The zero-order valence-corrected chi connectivity index (χ0v) is 13.0. The Bertz CT molecular complexity index is 668. The second-order valence-electron chi connectivity index (χ2n) is 5.77. The molecule has 1 aliphatic heterocycles. The number of aromatic nitrogens is 1. The van der Waals surface area contributed by atoms with Crippen molar-refractivity contribution in [2.24, 2.45) is 5.92 Å². The maximum Gasteiger partial charge on any atom is 0.295 e.